The van der Waals surface area contributed by atoms with E-state index < -0.39 is 6.09 Å². The number of aromatic nitrogens is 1. The van der Waals surface area contributed by atoms with Gasteiger partial charge in [-0.2, -0.15) is 0 Å². The van der Waals surface area contributed by atoms with Crippen molar-refractivity contribution in [2.75, 3.05) is 5.32 Å². The minimum atomic E-state index is -0.457. The van der Waals surface area contributed by atoms with E-state index in [-0.39, 0.29) is 6.61 Å². The largest absolute Gasteiger partial charge is 0.444 e. The molecule has 0 saturated carbocycles. The standard InChI is InChI=1S/C12H12N2O2S/c1-9-11(17-8-13-9)14-12(15)16-7-10-5-3-2-4-6-10/h2-6,8H,7H2,1H3,(H,14,15). The maximum Gasteiger partial charge on any atom is 0.412 e. The Bertz CT molecular complexity index is 496. The molecule has 0 aliphatic heterocycles. The molecule has 5 heteroatoms. The number of nitrogens with zero attached hydrogens (tertiary/aromatic N) is 1. The molecule has 1 aromatic carbocycles. The van der Waals surface area contributed by atoms with Crippen molar-refractivity contribution in [3.8, 4) is 0 Å². The highest BCUT2D eigenvalue weighted by Crippen LogP contribution is 2.18. The molecule has 17 heavy (non-hydrogen) atoms. The van der Waals surface area contributed by atoms with Gasteiger partial charge in [0.2, 0.25) is 0 Å². The third-order valence-electron chi connectivity index (χ3n) is 2.17. The summed E-state index contributed by atoms with van der Waals surface area (Å²) in [5.74, 6) is 0. The van der Waals surface area contributed by atoms with Crippen LogP contribution in [-0.2, 0) is 11.3 Å². The fourth-order valence-corrected chi connectivity index (χ4v) is 1.96. The fraction of sp³-hybridized carbons (Fsp3) is 0.167. The summed E-state index contributed by atoms with van der Waals surface area (Å²) in [6.45, 7) is 2.10. The summed E-state index contributed by atoms with van der Waals surface area (Å²) in [5.41, 5.74) is 3.44. The van der Waals surface area contributed by atoms with Gasteiger partial charge in [-0.3, -0.25) is 5.32 Å². The molecule has 1 N–H and O–H groups in total. The maximum absolute atomic E-state index is 11.5. The quantitative estimate of drug-likeness (QED) is 0.907. The van der Waals surface area contributed by atoms with Crippen LogP contribution < -0.4 is 5.32 Å². The van der Waals surface area contributed by atoms with Crippen molar-refractivity contribution in [1.29, 1.82) is 0 Å². The van der Waals surface area contributed by atoms with Gasteiger partial charge in [-0.15, -0.1) is 11.3 Å². The summed E-state index contributed by atoms with van der Waals surface area (Å²) in [6, 6.07) is 9.55. The number of aryl methyl sites for hydroxylation is 1. The van der Waals surface area contributed by atoms with Gasteiger partial charge in [0.05, 0.1) is 11.2 Å². The molecule has 0 bridgehead atoms. The zero-order valence-corrected chi connectivity index (χ0v) is 10.2. The Morgan fingerprint density at radius 3 is 2.82 bits per heavy atom. The van der Waals surface area contributed by atoms with Crippen LogP contribution in [0.4, 0.5) is 9.80 Å². The molecule has 88 valence electrons. The highest BCUT2D eigenvalue weighted by Gasteiger charge is 2.07. The Morgan fingerprint density at radius 1 is 1.41 bits per heavy atom. The topological polar surface area (TPSA) is 51.2 Å². The van der Waals surface area contributed by atoms with Crippen LogP contribution in [0.5, 0.6) is 0 Å². The first-order valence-electron chi connectivity index (χ1n) is 5.13. The molecule has 0 atom stereocenters. The van der Waals surface area contributed by atoms with Gasteiger partial charge in [-0.05, 0) is 12.5 Å². The van der Waals surface area contributed by atoms with Crippen molar-refractivity contribution in [3.63, 3.8) is 0 Å². The minimum Gasteiger partial charge on any atom is -0.444 e. The molecular weight excluding hydrogens is 236 g/mol. The highest BCUT2D eigenvalue weighted by molar-refractivity contribution is 7.14. The predicted octanol–water partition coefficient (Wildman–Crippen LogP) is 3.20. The van der Waals surface area contributed by atoms with Crippen molar-refractivity contribution >= 4 is 22.4 Å². The number of anilines is 1. The lowest BCUT2D eigenvalue weighted by molar-refractivity contribution is 0.155. The van der Waals surface area contributed by atoms with Crippen molar-refractivity contribution < 1.29 is 9.53 Å². The number of amides is 1. The number of thiazole rings is 1. The fourth-order valence-electron chi connectivity index (χ4n) is 1.27. The van der Waals surface area contributed by atoms with Crippen LogP contribution in [0.2, 0.25) is 0 Å². The third kappa shape index (κ3) is 3.29. The van der Waals surface area contributed by atoms with Crippen LogP contribution in [0.1, 0.15) is 11.3 Å². The lowest BCUT2D eigenvalue weighted by Gasteiger charge is -2.05. The second-order valence-corrected chi connectivity index (χ2v) is 4.31. The van der Waals surface area contributed by atoms with E-state index in [1.54, 1.807) is 5.51 Å². The number of rotatable bonds is 3. The van der Waals surface area contributed by atoms with Gasteiger partial charge in [-0.25, -0.2) is 9.78 Å². The summed E-state index contributed by atoms with van der Waals surface area (Å²) < 4.78 is 5.09. The predicted molar refractivity (Wildman–Crippen MR) is 67.1 cm³/mol. The molecule has 0 saturated heterocycles. The molecule has 2 aromatic rings. The summed E-state index contributed by atoms with van der Waals surface area (Å²) in [5, 5.41) is 3.38. The van der Waals surface area contributed by atoms with Gasteiger partial charge in [0, 0.05) is 0 Å². The van der Waals surface area contributed by atoms with E-state index in [0.717, 1.165) is 16.3 Å². The second kappa shape index (κ2) is 5.45. The molecule has 1 amide bonds. The van der Waals surface area contributed by atoms with Crippen LogP contribution in [0.3, 0.4) is 0 Å². The Balaban J connectivity index is 1.85. The molecule has 0 spiro atoms. The van der Waals surface area contributed by atoms with Gasteiger partial charge in [0.15, 0.2) is 0 Å². The van der Waals surface area contributed by atoms with Crippen LogP contribution >= 0.6 is 11.3 Å². The molecule has 0 aliphatic carbocycles. The first-order chi connectivity index (χ1) is 8.25. The Hall–Kier alpha value is -1.88. The number of carbonyl (C=O) groups excluding carboxylic acids is 1. The first kappa shape index (κ1) is 11.6. The molecule has 1 heterocycles. The van der Waals surface area contributed by atoms with Gasteiger partial charge in [0.25, 0.3) is 0 Å². The van der Waals surface area contributed by atoms with E-state index in [1.165, 1.54) is 11.3 Å². The maximum atomic E-state index is 11.5. The van der Waals surface area contributed by atoms with E-state index in [2.05, 4.69) is 10.3 Å². The molecule has 2 rings (SSSR count). The lowest BCUT2D eigenvalue weighted by atomic mass is 10.2. The van der Waals surface area contributed by atoms with E-state index in [0.29, 0.717) is 0 Å². The van der Waals surface area contributed by atoms with E-state index in [1.807, 2.05) is 37.3 Å². The van der Waals surface area contributed by atoms with Crippen LogP contribution in [-0.4, -0.2) is 11.1 Å². The molecule has 0 fully saturated rings. The Labute approximate surface area is 103 Å². The lowest BCUT2D eigenvalue weighted by Crippen LogP contribution is -2.13. The van der Waals surface area contributed by atoms with Gasteiger partial charge in [0.1, 0.15) is 11.6 Å². The smallest absolute Gasteiger partial charge is 0.412 e. The number of hydrogen-bond acceptors (Lipinski definition) is 4. The van der Waals surface area contributed by atoms with E-state index >= 15 is 0 Å². The second-order valence-electron chi connectivity index (χ2n) is 3.45. The summed E-state index contributed by atoms with van der Waals surface area (Å²) in [7, 11) is 0. The summed E-state index contributed by atoms with van der Waals surface area (Å²) in [4.78, 5) is 15.5. The zero-order valence-electron chi connectivity index (χ0n) is 9.34. The Kier molecular flexibility index (Phi) is 3.72. The van der Waals surface area contributed by atoms with Gasteiger partial charge < -0.3 is 4.74 Å². The molecule has 1 aromatic heterocycles. The van der Waals surface area contributed by atoms with E-state index in [9.17, 15) is 4.79 Å². The summed E-state index contributed by atoms with van der Waals surface area (Å²) in [6.07, 6.45) is -0.457. The molecule has 0 unspecified atom stereocenters. The van der Waals surface area contributed by atoms with Crippen LogP contribution in [0.25, 0.3) is 0 Å². The first-order valence-corrected chi connectivity index (χ1v) is 6.01. The van der Waals surface area contributed by atoms with Gasteiger partial charge >= 0.3 is 6.09 Å². The van der Waals surface area contributed by atoms with Gasteiger partial charge in [-0.1, -0.05) is 30.3 Å². The normalized spacial score (nSPS) is 9.94. The SMILES string of the molecule is Cc1ncsc1NC(=O)OCc1ccccc1. The number of hydrogen-bond donors (Lipinski definition) is 1. The molecule has 0 radical (unpaired) electrons. The molecular formula is C12H12N2O2S. The molecule has 0 aliphatic rings. The number of ether oxygens (including phenoxy) is 1. The van der Waals surface area contributed by atoms with Crippen LogP contribution in [0.15, 0.2) is 35.8 Å². The number of carbonyl (C=O) groups is 1. The van der Waals surface area contributed by atoms with Crippen molar-refractivity contribution in [3.05, 3.63) is 47.1 Å². The Morgan fingerprint density at radius 2 is 2.18 bits per heavy atom. The van der Waals surface area contributed by atoms with Crippen molar-refractivity contribution in [1.82, 2.24) is 4.98 Å². The van der Waals surface area contributed by atoms with E-state index in [4.69, 9.17) is 4.74 Å². The zero-order chi connectivity index (χ0) is 12.1. The monoisotopic (exact) mass is 248 g/mol. The average Bonchev–Trinajstić information content (AvgIpc) is 2.74. The van der Waals surface area contributed by atoms with Crippen LogP contribution in [0, 0.1) is 6.92 Å². The highest BCUT2D eigenvalue weighted by atomic mass is 32.1. The number of benzene rings is 1. The molecule has 4 nitrogen and oxygen atoms in total. The third-order valence-corrected chi connectivity index (χ3v) is 3.02. The van der Waals surface area contributed by atoms with Crippen molar-refractivity contribution in [2.24, 2.45) is 0 Å². The minimum absolute atomic E-state index is 0.268. The number of nitrogens with one attached hydrogen (secondary N) is 1. The summed E-state index contributed by atoms with van der Waals surface area (Å²) >= 11 is 1.38. The average molecular weight is 248 g/mol. The van der Waals surface area contributed by atoms with Crippen molar-refractivity contribution in [2.45, 2.75) is 13.5 Å².